The van der Waals surface area contributed by atoms with E-state index in [4.69, 9.17) is 14.2 Å². The van der Waals surface area contributed by atoms with Crippen LogP contribution >= 0.6 is 15.9 Å². The van der Waals surface area contributed by atoms with Crippen LogP contribution in [-0.2, 0) is 10.1 Å². The molecule has 0 fully saturated rings. The van der Waals surface area contributed by atoms with E-state index in [-0.39, 0.29) is 0 Å². The SMILES string of the molecule is COc1cccc(CBr)c1OCCOCC(C)C. The molecule has 0 aliphatic rings. The molecule has 0 radical (unpaired) electrons. The van der Waals surface area contributed by atoms with Crippen LogP contribution in [0.3, 0.4) is 0 Å². The first-order valence-electron chi connectivity index (χ1n) is 6.11. The quantitative estimate of drug-likeness (QED) is 0.541. The Balaban J connectivity index is 2.50. The molecule has 0 atom stereocenters. The van der Waals surface area contributed by atoms with E-state index in [0.717, 1.165) is 29.0 Å². The number of hydrogen-bond acceptors (Lipinski definition) is 3. The van der Waals surface area contributed by atoms with Crippen LogP contribution in [0.2, 0.25) is 0 Å². The van der Waals surface area contributed by atoms with E-state index in [2.05, 4.69) is 29.8 Å². The summed E-state index contributed by atoms with van der Waals surface area (Å²) in [6.45, 7) is 6.15. The maximum atomic E-state index is 5.75. The van der Waals surface area contributed by atoms with Gasteiger partial charge in [0.15, 0.2) is 11.5 Å². The lowest BCUT2D eigenvalue weighted by Gasteiger charge is -2.14. The summed E-state index contributed by atoms with van der Waals surface area (Å²) in [5.74, 6) is 2.11. The molecule has 3 nitrogen and oxygen atoms in total. The first-order chi connectivity index (χ1) is 8.69. The van der Waals surface area contributed by atoms with Crippen molar-refractivity contribution in [2.45, 2.75) is 19.2 Å². The van der Waals surface area contributed by atoms with E-state index in [1.54, 1.807) is 7.11 Å². The van der Waals surface area contributed by atoms with Crippen molar-refractivity contribution in [3.63, 3.8) is 0 Å². The van der Waals surface area contributed by atoms with Crippen molar-refractivity contribution < 1.29 is 14.2 Å². The second kappa shape index (κ2) is 8.38. The van der Waals surface area contributed by atoms with Crippen LogP contribution in [0.1, 0.15) is 19.4 Å². The van der Waals surface area contributed by atoms with E-state index in [1.807, 2.05) is 18.2 Å². The van der Waals surface area contributed by atoms with Crippen molar-refractivity contribution >= 4 is 15.9 Å². The van der Waals surface area contributed by atoms with E-state index < -0.39 is 0 Å². The minimum Gasteiger partial charge on any atom is -0.493 e. The second-order valence-corrected chi connectivity index (χ2v) is 4.96. The molecule has 102 valence electrons. The molecule has 0 amide bonds. The van der Waals surface area contributed by atoms with Gasteiger partial charge in [0.25, 0.3) is 0 Å². The van der Waals surface area contributed by atoms with Crippen LogP contribution in [0, 0.1) is 5.92 Å². The Morgan fingerprint density at radius 1 is 1.22 bits per heavy atom. The van der Waals surface area contributed by atoms with Gasteiger partial charge in [-0.1, -0.05) is 41.9 Å². The fourth-order valence-corrected chi connectivity index (χ4v) is 1.95. The van der Waals surface area contributed by atoms with Gasteiger partial charge in [0.2, 0.25) is 0 Å². The Kier molecular flexibility index (Phi) is 7.13. The van der Waals surface area contributed by atoms with Crippen LogP contribution in [0.4, 0.5) is 0 Å². The normalized spacial score (nSPS) is 10.7. The average molecular weight is 317 g/mol. The molecule has 0 N–H and O–H groups in total. The lowest BCUT2D eigenvalue weighted by atomic mass is 10.2. The van der Waals surface area contributed by atoms with Crippen molar-refractivity contribution in [3.05, 3.63) is 23.8 Å². The molecule has 0 spiro atoms. The van der Waals surface area contributed by atoms with Crippen molar-refractivity contribution in [1.29, 1.82) is 0 Å². The molecular formula is C14H21BrO3. The van der Waals surface area contributed by atoms with Gasteiger partial charge in [-0.05, 0) is 12.0 Å². The molecule has 4 heteroatoms. The standard InChI is InChI=1S/C14H21BrO3/c1-11(2)10-17-7-8-18-14-12(9-15)5-4-6-13(14)16-3/h4-6,11H,7-10H2,1-3H3. The molecule has 1 rings (SSSR count). The fourth-order valence-electron chi connectivity index (χ4n) is 1.51. The molecule has 0 heterocycles. The first kappa shape index (κ1) is 15.3. The number of halogens is 1. The molecule has 0 saturated heterocycles. The third-order valence-corrected chi connectivity index (χ3v) is 2.95. The zero-order chi connectivity index (χ0) is 13.4. The lowest BCUT2D eigenvalue weighted by Crippen LogP contribution is -2.11. The predicted molar refractivity (Wildman–Crippen MR) is 76.8 cm³/mol. The fraction of sp³-hybridized carbons (Fsp3) is 0.571. The molecule has 0 aromatic heterocycles. The highest BCUT2D eigenvalue weighted by atomic mass is 79.9. The summed E-state index contributed by atoms with van der Waals surface area (Å²) in [7, 11) is 1.65. The van der Waals surface area contributed by atoms with Gasteiger partial charge in [0.05, 0.1) is 13.7 Å². The lowest BCUT2D eigenvalue weighted by molar-refractivity contribution is 0.0808. The van der Waals surface area contributed by atoms with Gasteiger partial charge in [-0.2, -0.15) is 0 Å². The van der Waals surface area contributed by atoms with Crippen molar-refractivity contribution in [2.75, 3.05) is 26.9 Å². The number of benzene rings is 1. The Morgan fingerprint density at radius 3 is 2.61 bits per heavy atom. The van der Waals surface area contributed by atoms with Crippen LogP contribution in [-0.4, -0.2) is 26.9 Å². The summed E-state index contributed by atoms with van der Waals surface area (Å²) < 4.78 is 16.5. The largest absolute Gasteiger partial charge is 0.493 e. The highest BCUT2D eigenvalue weighted by Crippen LogP contribution is 2.32. The maximum Gasteiger partial charge on any atom is 0.165 e. The molecule has 0 bridgehead atoms. The molecule has 0 aliphatic carbocycles. The van der Waals surface area contributed by atoms with Crippen LogP contribution in [0.25, 0.3) is 0 Å². The van der Waals surface area contributed by atoms with Crippen molar-refractivity contribution in [1.82, 2.24) is 0 Å². The number of hydrogen-bond donors (Lipinski definition) is 0. The summed E-state index contributed by atoms with van der Waals surface area (Å²) in [5.41, 5.74) is 1.08. The Morgan fingerprint density at radius 2 is 2.00 bits per heavy atom. The molecule has 18 heavy (non-hydrogen) atoms. The summed E-state index contributed by atoms with van der Waals surface area (Å²) >= 11 is 3.45. The van der Waals surface area contributed by atoms with Crippen molar-refractivity contribution in [2.24, 2.45) is 5.92 Å². The van der Waals surface area contributed by atoms with Crippen LogP contribution in [0.5, 0.6) is 11.5 Å². The molecule has 0 saturated carbocycles. The predicted octanol–water partition coefficient (Wildman–Crippen LogP) is 3.64. The second-order valence-electron chi connectivity index (χ2n) is 4.40. The smallest absolute Gasteiger partial charge is 0.165 e. The van der Waals surface area contributed by atoms with Gasteiger partial charge in [-0.15, -0.1) is 0 Å². The van der Waals surface area contributed by atoms with Gasteiger partial charge in [-0.25, -0.2) is 0 Å². The van der Waals surface area contributed by atoms with E-state index in [1.165, 1.54) is 0 Å². The maximum absolute atomic E-state index is 5.75. The van der Waals surface area contributed by atoms with E-state index >= 15 is 0 Å². The van der Waals surface area contributed by atoms with Gasteiger partial charge in [-0.3, -0.25) is 0 Å². The van der Waals surface area contributed by atoms with Crippen LogP contribution in [0.15, 0.2) is 18.2 Å². The number of para-hydroxylation sites is 1. The number of alkyl halides is 1. The van der Waals surface area contributed by atoms with Gasteiger partial charge in [0.1, 0.15) is 6.61 Å². The minimum atomic E-state index is 0.535. The third-order valence-electron chi connectivity index (χ3n) is 2.35. The highest BCUT2D eigenvalue weighted by molar-refractivity contribution is 9.08. The minimum absolute atomic E-state index is 0.535. The summed E-state index contributed by atoms with van der Waals surface area (Å²) in [6.07, 6.45) is 0. The molecular weight excluding hydrogens is 296 g/mol. The monoisotopic (exact) mass is 316 g/mol. The Labute approximate surface area is 118 Å². The summed E-state index contributed by atoms with van der Waals surface area (Å²) in [4.78, 5) is 0. The molecule has 0 unspecified atom stereocenters. The first-order valence-corrected chi connectivity index (χ1v) is 7.23. The summed E-state index contributed by atoms with van der Waals surface area (Å²) in [5, 5.41) is 0.742. The molecule has 0 aliphatic heterocycles. The zero-order valence-corrected chi connectivity index (χ0v) is 12.8. The van der Waals surface area contributed by atoms with Gasteiger partial charge >= 0.3 is 0 Å². The molecule has 1 aromatic rings. The van der Waals surface area contributed by atoms with Gasteiger partial charge < -0.3 is 14.2 Å². The van der Waals surface area contributed by atoms with E-state index in [9.17, 15) is 0 Å². The number of ether oxygens (including phenoxy) is 3. The Hall–Kier alpha value is -0.740. The van der Waals surface area contributed by atoms with Crippen molar-refractivity contribution in [3.8, 4) is 11.5 Å². The average Bonchev–Trinajstić information content (AvgIpc) is 2.37. The number of methoxy groups -OCH3 is 1. The Bertz CT molecular complexity index is 331. The third kappa shape index (κ3) is 4.86. The van der Waals surface area contributed by atoms with Gasteiger partial charge in [0, 0.05) is 17.5 Å². The highest BCUT2D eigenvalue weighted by Gasteiger charge is 2.09. The summed E-state index contributed by atoms with van der Waals surface area (Å²) in [6, 6.07) is 5.87. The van der Waals surface area contributed by atoms with Crippen LogP contribution < -0.4 is 9.47 Å². The topological polar surface area (TPSA) is 27.7 Å². The van der Waals surface area contributed by atoms with E-state index in [0.29, 0.717) is 19.1 Å². The number of rotatable bonds is 8. The zero-order valence-electron chi connectivity index (χ0n) is 11.2. The molecule has 1 aromatic carbocycles.